The van der Waals surface area contributed by atoms with E-state index in [1.807, 2.05) is 38.1 Å². The lowest BCUT2D eigenvalue weighted by atomic mass is 9.93. The lowest BCUT2D eigenvalue weighted by molar-refractivity contribution is -0.122. The second kappa shape index (κ2) is 9.37. The van der Waals surface area contributed by atoms with E-state index in [1.54, 1.807) is 13.0 Å². The number of aryl methyl sites for hydroxylation is 1. The van der Waals surface area contributed by atoms with Crippen molar-refractivity contribution in [2.24, 2.45) is 5.92 Å². The van der Waals surface area contributed by atoms with E-state index in [2.05, 4.69) is 19.2 Å². The molecule has 0 aliphatic rings. The van der Waals surface area contributed by atoms with Crippen molar-refractivity contribution in [2.75, 3.05) is 0 Å². The molecule has 0 saturated carbocycles. The van der Waals surface area contributed by atoms with Gasteiger partial charge < -0.3 is 5.32 Å². The SMILES string of the molecule is CCn1cc(C#N)c(=O)n(CC(=O)NC(c2ccc(C(C)C)cc2)C(C)C)c1=O. The van der Waals surface area contributed by atoms with Crippen LogP contribution in [0.15, 0.2) is 40.1 Å². The van der Waals surface area contributed by atoms with Crippen LogP contribution in [0.3, 0.4) is 0 Å². The fraction of sp³-hybridized carbons (Fsp3) is 0.455. The molecule has 1 atom stereocenters. The minimum absolute atomic E-state index is 0.110. The number of rotatable bonds is 7. The molecule has 29 heavy (non-hydrogen) atoms. The minimum Gasteiger partial charge on any atom is -0.347 e. The van der Waals surface area contributed by atoms with E-state index >= 15 is 0 Å². The van der Waals surface area contributed by atoms with Gasteiger partial charge in [0, 0.05) is 12.7 Å². The molecule has 7 heteroatoms. The van der Waals surface area contributed by atoms with Crippen LogP contribution in [0, 0.1) is 17.2 Å². The smallest absolute Gasteiger partial charge is 0.331 e. The van der Waals surface area contributed by atoms with E-state index < -0.39 is 23.7 Å². The van der Waals surface area contributed by atoms with Crippen molar-refractivity contribution in [3.63, 3.8) is 0 Å². The summed E-state index contributed by atoms with van der Waals surface area (Å²) < 4.78 is 2.06. The van der Waals surface area contributed by atoms with Gasteiger partial charge in [-0.3, -0.25) is 14.2 Å². The second-order valence-electron chi connectivity index (χ2n) is 7.73. The van der Waals surface area contributed by atoms with Crippen LogP contribution in [-0.4, -0.2) is 15.0 Å². The predicted molar refractivity (Wildman–Crippen MR) is 112 cm³/mol. The Morgan fingerprint density at radius 3 is 2.17 bits per heavy atom. The molecule has 154 valence electrons. The number of nitrogens with zero attached hydrogens (tertiary/aromatic N) is 3. The van der Waals surface area contributed by atoms with Crippen LogP contribution in [0.1, 0.15) is 63.3 Å². The number of nitriles is 1. The molecule has 1 amide bonds. The van der Waals surface area contributed by atoms with Crippen LogP contribution in [0.5, 0.6) is 0 Å². The fourth-order valence-corrected chi connectivity index (χ4v) is 3.18. The van der Waals surface area contributed by atoms with Gasteiger partial charge in [-0.05, 0) is 29.9 Å². The van der Waals surface area contributed by atoms with Crippen LogP contribution in [-0.2, 0) is 17.9 Å². The summed E-state index contributed by atoms with van der Waals surface area (Å²) in [5, 5.41) is 12.1. The molecule has 0 radical (unpaired) electrons. The quantitative estimate of drug-likeness (QED) is 0.778. The summed E-state index contributed by atoms with van der Waals surface area (Å²) in [6.45, 7) is 9.82. The van der Waals surface area contributed by atoms with Gasteiger partial charge in [-0.15, -0.1) is 0 Å². The van der Waals surface area contributed by atoms with Crippen molar-refractivity contribution in [2.45, 2.75) is 59.7 Å². The van der Waals surface area contributed by atoms with E-state index in [9.17, 15) is 14.4 Å². The zero-order valence-corrected chi connectivity index (χ0v) is 17.6. The standard InChI is InChI=1S/C22H28N4O3/c1-6-25-12-18(11-23)21(28)26(22(25)29)13-19(27)24-20(15(4)5)17-9-7-16(8-10-17)14(2)3/h7-10,12,14-15,20H,6,13H2,1-5H3,(H,24,27). The fourth-order valence-electron chi connectivity index (χ4n) is 3.18. The molecule has 1 aromatic heterocycles. The lowest BCUT2D eigenvalue weighted by Gasteiger charge is -2.23. The maximum absolute atomic E-state index is 12.7. The first-order valence-electron chi connectivity index (χ1n) is 9.83. The zero-order valence-electron chi connectivity index (χ0n) is 17.6. The Morgan fingerprint density at radius 1 is 1.10 bits per heavy atom. The molecule has 7 nitrogen and oxygen atoms in total. The average molecular weight is 396 g/mol. The highest BCUT2D eigenvalue weighted by Gasteiger charge is 2.20. The number of carbonyl (C=O) groups is 1. The molecule has 2 rings (SSSR count). The number of hydrogen-bond acceptors (Lipinski definition) is 4. The molecule has 0 spiro atoms. The summed E-state index contributed by atoms with van der Waals surface area (Å²) in [6, 6.07) is 9.60. The van der Waals surface area contributed by atoms with E-state index in [1.165, 1.54) is 16.3 Å². The normalized spacial score (nSPS) is 12.1. The van der Waals surface area contributed by atoms with Crippen LogP contribution in [0.4, 0.5) is 0 Å². The van der Waals surface area contributed by atoms with Crippen LogP contribution >= 0.6 is 0 Å². The van der Waals surface area contributed by atoms with Crippen molar-refractivity contribution in [3.8, 4) is 6.07 Å². The summed E-state index contributed by atoms with van der Waals surface area (Å²) in [4.78, 5) is 37.5. The van der Waals surface area contributed by atoms with Crippen molar-refractivity contribution >= 4 is 5.91 Å². The molecular weight excluding hydrogens is 368 g/mol. The van der Waals surface area contributed by atoms with Crippen molar-refractivity contribution in [3.05, 3.63) is 68.0 Å². The Hall–Kier alpha value is -3.14. The largest absolute Gasteiger partial charge is 0.347 e. The van der Waals surface area contributed by atoms with Crippen LogP contribution in [0.2, 0.25) is 0 Å². The Morgan fingerprint density at radius 2 is 1.69 bits per heavy atom. The summed E-state index contributed by atoms with van der Waals surface area (Å²) >= 11 is 0. The Kier molecular flexibility index (Phi) is 7.16. The van der Waals surface area contributed by atoms with Crippen molar-refractivity contribution in [1.29, 1.82) is 5.26 Å². The molecule has 0 aliphatic heterocycles. The van der Waals surface area contributed by atoms with Gasteiger partial charge in [0.05, 0.1) is 6.04 Å². The third-order valence-corrected chi connectivity index (χ3v) is 4.95. The van der Waals surface area contributed by atoms with Gasteiger partial charge in [0.15, 0.2) is 0 Å². The van der Waals surface area contributed by atoms with Crippen LogP contribution in [0.25, 0.3) is 0 Å². The van der Waals surface area contributed by atoms with E-state index in [4.69, 9.17) is 5.26 Å². The molecule has 0 aliphatic carbocycles. The van der Waals surface area contributed by atoms with E-state index in [0.717, 1.165) is 10.1 Å². The summed E-state index contributed by atoms with van der Waals surface area (Å²) in [5.74, 6) is 0.0723. The van der Waals surface area contributed by atoms with Gasteiger partial charge in [0.2, 0.25) is 5.91 Å². The molecule has 0 bridgehead atoms. The third-order valence-electron chi connectivity index (χ3n) is 4.95. The first-order valence-corrected chi connectivity index (χ1v) is 9.83. The zero-order chi connectivity index (χ0) is 21.7. The molecule has 1 unspecified atom stereocenters. The minimum atomic E-state index is -0.750. The number of nitrogens with one attached hydrogen (secondary N) is 1. The maximum atomic E-state index is 12.7. The molecule has 0 saturated heterocycles. The van der Waals surface area contributed by atoms with Gasteiger partial charge in [0.25, 0.3) is 5.56 Å². The molecule has 2 aromatic rings. The number of amides is 1. The average Bonchev–Trinajstić information content (AvgIpc) is 2.69. The molecule has 0 fully saturated rings. The Labute approximate surface area is 170 Å². The van der Waals surface area contributed by atoms with Crippen LogP contribution < -0.4 is 16.6 Å². The molecule has 1 N–H and O–H groups in total. The highest BCUT2D eigenvalue weighted by molar-refractivity contribution is 5.76. The lowest BCUT2D eigenvalue weighted by Crippen LogP contribution is -2.45. The second-order valence-corrected chi connectivity index (χ2v) is 7.73. The number of carbonyl (C=O) groups excluding carboxylic acids is 1. The van der Waals surface area contributed by atoms with Crippen molar-refractivity contribution in [1.82, 2.24) is 14.5 Å². The third kappa shape index (κ3) is 5.02. The van der Waals surface area contributed by atoms with Gasteiger partial charge in [-0.25, -0.2) is 9.36 Å². The number of hydrogen-bond donors (Lipinski definition) is 1. The molecule has 1 aromatic carbocycles. The number of aromatic nitrogens is 2. The topological polar surface area (TPSA) is 96.9 Å². The summed E-state index contributed by atoms with van der Waals surface area (Å²) in [6.07, 6.45) is 1.23. The first kappa shape index (κ1) is 22.2. The Balaban J connectivity index is 2.30. The summed E-state index contributed by atoms with van der Waals surface area (Å²) in [7, 11) is 0. The van der Waals surface area contributed by atoms with E-state index in [-0.39, 0.29) is 17.5 Å². The van der Waals surface area contributed by atoms with Gasteiger partial charge >= 0.3 is 5.69 Å². The van der Waals surface area contributed by atoms with Gasteiger partial charge in [-0.2, -0.15) is 5.26 Å². The maximum Gasteiger partial charge on any atom is 0.331 e. The first-order chi connectivity index (χ1) is 13.7. The monoisotopic (exact) mass is 396 g/mol. The van der Waals surface area contributed by atoms with Crippen molar-refractivity contribution < 1.29 is 4.79 Å². The summed E-state index contributed by atoms with van der Waals surface area (Å²) in [5.41, 5.74) is 0.655. The van der Waals surface area contributed by atoms with E-state index in [0.29, 0.717) is 12.5 Å². The highest BCUT2D eigenvalue weighted by Crippen LogP contribution is 2.24. The molecule has 1 heterocycles. The number of benzene rings is 1. The molecular formula is C22H28N4O3. The van der Waals surface area contributed by atoms with Gasteiger partial charge in [-0.1, -0.05) is 52.0 Å². The predicted octanol–water partition coefficient (Wildman–Crippen LogP) is 2.54. The van der Waals surface area contributed by atoms with Gasteiger partial charge in [0.1, 0.15) is 18.2 Å². The Bertz CT molecular complexity index is 1020. The highest BCUT2D eigenvalue weighted by atomic mass is 16.2.